The molecule has 0 spiro atoms. The summed E-state index contributed by atoms with van der Waals surface area (Å²) < 4.78 is 21.2. The molecule has 0 radical (unpaired) electrons. The topological polar surface area (TPSA) is 69.0 Å². The second-order valence-electron chi connectivity index (χ2n) is 7.41. The molecule has 1 aromatic heterocycles. The first-order chi connectivity index (χ1) is 15.8. The molecule has 9 heteroatoms. The molecule has 0 aliphatic heterocycles. The van der Waals surface area contributed by atoms with Crippen LogP contribution in [0.25, 0.3) is 17.1 Å². The van der Waals surface area contributed by atoms with Crippen LogP contribution in [-0.2, 0) is 0 Å². The summed E-state index contributed by atoms with van der Waals surface area (Å²) in [6.45, 7) is 3.75. The lowest BCUT2D eigenvalue weighted by Crippen LogP contribution is -2.14. The summed E-state index contributed by atoms with van der Waals surface area (Å²) in [5.74, 6) is -0.681. The molecule has 33 heavy (non-hydrogen) atoms. The fourth-order valence-electron chi connectivity index (χ4n) is 3.12. The van der Waals surface area contributed by atoms with Crippen LogP contribution in [0, 0.1) is 5.82 Å². The maximum Gasteiger partial charge on any atom is 0.336 e. The minimum Gasteiger partial charge on any atom is -0.460 e. The van der Waals surface area contributed by atoms with Crippen LogP contribution in [0.2, 0.25) is 10.0 Å². The Hall–Kier alpha value is -3.42. The normalized spacial score (nSPS) is 11.0. The van der Waals surface area contributed by atoms with Crippen LogP contribution in [0.4, 0.5) is 10.1 Å². The van der Waals surface area contributed by atoms with E-state index in [1.807, 2.05) is 13.8 Å². The predicted molar refractivity (Wildman–Crippen MR) is 127 cm³/mol. The third kappa shape index (κ3) is 5.16. The average Bonchev–Trinajstić information content (AvgIpc) is 3.19. The van der Waals surface area contributed by atoms with Crippen LogP contribution in [0.1, 0.15) is 24.2 Å². The van der Waals surface area contributed by atoms with Crippen LogP contribution in [0.15, 0.2) is 66.7 Å². The number of anilines is 1. The lowest BCUT2D eigenvalue weighted by Gasteiger charge is -2.10. The molecule has 0 atom stereocenters. The standard InChI is InChI=1S/C24H19Cl2FN4O2/c1-14(2)33-24-29-22(15-10-11-19(25)20(26)12-15)31(30-24)17-7-5-6-16(13-17)28-23(32)18-8-3-4-9-21(18)27/h3-14H,1-2H3,(H,28,32). The SMILES string of the molecule is CC(C)Oc1nc(-c2ccc(Cl)c(Cl)c2)n(-c2cccc(NC(=O)c3ccccc3F)c2)n1. The molecule has 168 valence electrons. The monoisotopic (exact) mass is 484 g/mol. The molecule has 1 N–H and O–H groups in total. The number of aromatic nitrogens is 3. The zero-order valence-electron chi connectivity index (χ0n) is 17.7. The maximum absolute atomic E-state index is 14.0. The smallest absolute Gasteiger partial charge is 0.336 e. The molecule has 0 bridgehead atoms. The van der Waals surface area contributed by atoms with E-state index >= 15 is 0 Å². The van der Waals surface area contributed by atoms with Gasteiger partial charge in [-0.25, -0.2) is 9.07 Å². The van der Waals surface area contributed by atoms with Gasteiger partial charge in [-0.1, -0.05) is 41.4 Å². The van der Waals surface area contributed by atoms with E-state index in [4.69, 9.17) is 27.9 Å². The summed E-state index contributed by atoms with van der Waals surface area (Å²) in [5.41, 5.74) is 1.69. The summed E-state index contributed by atoms with van der Waals surface area (Å²) in [5, 5.41) is 7.99. The minimum atomic E-state index is -0.597. The lowest BCUT2D eigenvalue weighted by atomic mass is 10.2. The molecule has 3 aromatic carbocycles. The Labute approximate surface area is 199 Å². The molecule has 0 unspecified atom stereocenters. The number of carbonyl (C=O) groups is 1. The Bertz CT molecular complexity index is 1320. The number of hydrogen-bond acceptors (Lipinski definition) is 4. The molecule has 1 heterocycles. The van der Waals surface area contributed by atoms with E-state index in [9.17, 15) is 9.18 Å². The maximum atomic E-state index is 14.0. The van der Waals surface area contributed by atoms with Crippen molar-refractivity contribution >= 4 is 34.8 Å². The van der Waals surface area contributed by atoms with Crippen molar-refractivity contribution in [1.29, 1.82) is 0 Å². The number of carbonyl (C=O) groups excluding carboxylic acids is 1. The molecule has 0 saturated heterocycles. The first-order valence-electron chi connectivity index (χ1n) is 10.1. The molecule has 0 aliphatic carbocycles. The second kappa shape index (κ2) is 9.60. The number of halogens is 3. The van der Waals surface area contributed by atoms with Crippen molar-refractivity contribution in [3.8, 4) is 23.1 Å². The van der Waals surface area contributed by atoms with E-state index in [1.54, 1.807) is 53.2 Å². The highest BCUT2D eigenvalue weighted by Gasteiger charge is 2.18. The summed E-state index contributed by atoms with van der Waals surface area (Å²) in [4.78, 5) is 17.0. The number of amides is 1. The molecular formula is C24H19Cl2FN4O2. The van der Waals surface area contributed by atoms with Crippen molar-refractivity contribution in [3.05, 3.63) is 88.2 Å². The van der Waals surface area contributed by atoms with E-state index in [2.05, 4.69) is 15.4 Å². The number of hydrogen-bond donors (Lipinski definition) is 1. The first kappa shape index (κ1) is 22.8. The zero-order valence-corrected chi connectivity index (χ0v) is 19.2. The van der Waals surface area contributed by atoms with Crippen molar-refractivity contribution in [2.45, 2.75) is 20.0 Å². The van der Waals surface area contributed by atoms with Gasteiger partial charge in [0.1, 0.15) is 5.82 Å². The highest BCUT2D eigenvalue weighted by molar-refractivity contribution is 6.42. The molecule has 0 saturated carbocycles. The van der Waals surface area contributed by atoms with Gasteiger partial charge in [0.05, 0.1) is 27.4 Å². The number of nitrogens with zero attached hydrogens (tertiary/aromatic N) is 3. The van der Waals surface area contributed by atoms with Gasteiger partial charge in [-0.05, 0) is 62.4 Å². The highest BCUT2D eigenvalue weighted by atomic mass is 35.5. The van der Waals surface area contributed by atoms with Crippen LogP contribution in [0.5, 0.6) is 6.01 Å². The van der Waals surface area contributed by atoms with Crippen molar-refractivity contribution in [2.75, 3.05) is 5.32 Å². The van der Waals surface area contributed by atoms with Gasteiger partial charge in [-0.15, -0.1) is 5.10 Å². The minimum absolute atomic E-state index is 0.0484. The van der Waals surface area contributed by atoms with Crippen LogP contribution >= 0.6 is 23.2 Å². The van der Waals surface area contributed by atoms with Gasteiger partial charge in [0.15, 0.2) is 5.82 Å². The van der Waals surface area contributed by atoms with E-state index < -0.39 is 11.7 Å². The molecule has 6 nitrogen and oxygen atoms in total. The Balaban J connectivity index is 1.72. The van der Waals surface area contributed by atoms with E-state index in [1.165, 1.54) is 18.2 Å². The number of ether oxygens (including phenoxy) is 1. The van der Waals surface area contributed by atoms with E-state index in [-0.39, 0.29) is 17.7 Å². The van der Waals surface area contributed by atoms with Gasteiger partial charge in [-0.3, -0.25) is 4.79 Å². The molecule has 0 aliphatic rings. The van der Waals surface area contributed by atoms with Gasteiger partial charge < -0.3 is 10.1 Å². The predicted octanol–water partition coefficient (Wildman–Crippen LogP) is 6.42. The molecule has 0 fully saturated rings. The molecular weight excluding hydrogens is 466 g/mol. The van der Waals surface area contributed by atoms with Gasteiger partial charge in [0.25, 0.3) is 5.91 Å². The van der Waals surface area contributed by atoms with Gasteiger partial charge in [0, 0.05) is 11.3 Å². The second-order valence-corrected chi connectivity index (χ2v) is 8.22. The van der Waals surface area contributed by atoms with Gasteiger partial charge in [0.2, 0.25) is 0 Å². The van der Waals surface area contributed by atoms with Crippen LogP contribution in [-0.4, -0.2) is 26.8 Å². The zero-order chi connectivity index (χ0) is 23.5. The third-order valence-electron chi connectivity index (χ3n) is 4.57. The first-order valence-corrected chi connectivity index (χ1v) is 10.8. The Morgan fingerprint density at radius 1 is 1.03 bits per heavy atom. The van der Waals surface area contributed by atoms with Gasteiger partial charge >= 0.3 is 6.01 Å². The van der Waals surface area contributed by atoms with Crippen molar-refractivity contribution < 1.29 is 13.9 Å². The van der Waals surface area contributed by atoms with Crippen molar-refractivity contribution in [1.82, 2.24) is 14.8 Å². The Morgan fingerprint density at radius 2 is 1.82 bits per heavy atom. The number of benzene rings is 3. The molecule has 4 aromatic rings. The molecule has 1 amide bonds. The fraction of sp³-hybridized carbons (Fsp3) is 0.125. The third-order valence-corrected chi connectivity index (χ3v) is 5.31. The largest absolute Gasteiger partial charge is 0.460 e. The quantitative estimate of drug-likeness (QED) is 0.342. The van der Waals surface area contributed by atoms with Crippen LogP contribution in [0.3, 0.4) is 0 Å². The highest BCUT2D eigenvalue weighted by Crippen LogP contribution is 2.30. The Kier molecular flexibility index (Phi) is 6.62. The van der Waals surface area contributed by atoms with E-state index in [0.29, 0.717) is 32.8 Å². The fourth-order valence-corrected chi connectivity index (χ4v) is 3.41. The van der Waals surface area contributed by atoms with Crippen molar-refractivity contribution in [2.24, 2.45) is 0 Å². The van der Waals surface area contributed by atoms with Crippen molar-refractivity contribution in [3.63, 3.8) is 0 Å². The number of rotatable bonds is 6. The number of nitrogens with one attached hydrogen (secondary N) is 1. The van der Waals surface area contributed by atoms with Crippen LogP contribution < -0.4 is 10.1 Å². The molecule has 4 rings (SSSR count). The van der Waals surface area contributed by atoms with E-state index in [0.717, 1.165) is 0 Å². The summed E-state index contributed by atoms with van der Waals surface area (Å²) in [6, 6.07) is 18.1. The Morgan fingerprint density at radius 3 is 2.55 bits per heavy atom. The van der Waals surface area contributed by atoms with Gasteiger partial charge in [-0.2, -0.15) is 4.98 Å². The lowest BCUT2D eigenvalue weighted by molar-refractivity contribution is 0.102. The summed E-state index contributed by atoms with van der Waals surface area (Å²) in [7, 11) is 0. The average molecular weight is 485 g/mol. The summed E-state index contributed by atoms with van der Waals surface area (Å²) in [6.07, 6.45) is -0.131. The summed E-state index contributed by atoms with van der Waals surface area (Å²) >= 11 is 12.3.